The predicted molar refractivity (Wildman–Crippen MR) is 115 cm³/mol. The van der Waals surface area contributed by atoms with Gasteiger partial charge in [0.15, 0.2) is 0 Å². The normalized spacial score (nSPS) is 15.8. The second-order valence-corrected chi connectivity index (χ2v) is 7.39. The van der Waals surface area contributed by atoms with Gasteiger partial charge in [0.1, 0.15) is 18.5 Å². The molecule has 0 unspecified atom stereocenters. The molecule has 1 aliphatic heterocycles. The lowest BCUT2D eigenvalue weighted by Gasteiger charge is -2.37. The quantitative estimate of drug-likeness (QED) is 0.475. The molecule has 0 spiro atoms. The lowest BCUT2D eigenvalue weighted by Crippen LogP contribution is -2.49. The van der Waals surface area contributed by atoms with Crippen molar-refractivity contribution < 1.29 is 14.8 Å². The fourth-order valence-electron chi connectivity index (χ4n) is 3.75. The number of rotatable bonds is 7. The van der Waals surface area contributed by atoms with E-state index in [0.717, 1.165) is 37.3 Å². The Morgan fingerprint density at radius 3 is 2.70 bits per heavy atom. The van der Waals surface area contributed by atoms with Gasteiger partial charge in [-0.3, -0.25) is 20.0 Å². The molecule has 0 aliphatic carbocycles. The summed E-state index contributed by atoms with van der Waals surface area (Å²) in [6.07, 6.45) is 3.13. The second-order valence-electron chi connectivity index (χ2n) is 7.39. The van der Waals surface area contributed by atoms with E-state index in [4.69, 9.17) is 4.74 Å². The SMILES string of the molecule is O=[N+]([O-])c1cccc(OC[C@H](O)CN2CCN(c3cncc4ccccc34)CC2)c1. The highest BCUT2D eigenvalue weighted by atomic mass is 16.6. The maximum absolute atomic E-state index is 10.8. The van der Waals surface area contributed by atoms with Crippen molar-refractivity contribution in [1.29, 1.82) is 0 Å². The van der Waals surface area contributed by atoms with Crippen LogP contribution in [0.25, 0.3) is 10.8 Å². The number of fused-ring (bicyclic) bond motifs is 1. The van der Waals surface area contributed by atoms with E-state index in [1.54, 1.807) is 12.1 Å². The molecule has 4 rings (SSSR count). The molecule has 2 heterocycles. The van der Waals surface area contributed by atoms with Crippen molar-refractivity contribution in [2.75, 3.05) is 44.2 Å². The monoisotopic (exact) mass is 408 g/mol. The number of nitrogens with zero attached hydrogens (tertiary/aromatic N) is 4. The third-order valence-corrected chi connectivity index (χ3v) is 5.30. The molecule has 156 valence electrons. The van der Waals surface area contributed by atoms with Crippen LogP contribution in [0.1, 0.15) is 0 Å². The van der Waals surface area contributed by atoms with E-state index < -0.39 is 11.0 Å². The second kappa shape index (κ2) is 9.06. The predicted octanol–water partition coefficient (Wildman–Crippen LogP) is 2.70. The first-order chi connectivity index (χ1) is 14.6. The van der Waals surface area contributed by atoms with Gasteiger partial charge in [0.2, 0.25) is 0 Å². The number of pyridine rings is 1. The average Bonchev–Trinajstić information content (AvgIpc) is 2.78. The van der Waals surface area contributed by atoms with Crippen LogP contribution in [0.15, 0.2) is 60.9 Å². The Morgan fingerprint density at radius 1 is 1.10 bits per heavy atom. The number of aromatic nitrogens is 1. The van der Waals surface area contributed by atoms with Crippen molar-refractivity contribution in [2.24, 2.45) is 0 Å². The zero-order chi connectivity index (χ0) is 20.9. The number of aliphatic hydroxyl groups excluding tert-OH is 1. The highest BCUT2D eigenvalue weighted by Gasteiger charge is 2.21. The van der Waals surface area contributed by atoms with Crippen LogP contribution in [-0.2, 0) is 0 Å². The number of benzene rings is 2. The summed E-state index contributed by atoms with van der Waals surface area (Å²) in [7, 11) is 0. The molecular weight excluding hydrogens is 384 g/mol. The number of β-amino-alcohol motifs (C(OH)–C–C–N with tert-alkyl or cyclic N) is 1. The van der Waals surface area contributed by atoms with Gasteiger partial charge in [0, 0.05) is 55.8 Å². The minimum absolute atomic E-state index is 0.0268. The number of ether oxygens (including phenoxy) is 1. The number of nitro benzene ring substituents is 1. The van der Waals surface area contributed by atoms with Crippen LogP contribution in [0.3, 0.4) is 0 Å². The smallest absolute Gasteiger partial charge is 0.273 e. The number of non-ortho nitro benzene ring substituents is 1. The lowest BCUT2D eigenvalue weighted by atomic mass is 10.1. The Morgan fingerprint density at radius 2 is 1.90 bits per heavy atom. The molecule has 3 aromatic rings. The van der Waals surface area contributed by atoms with Crippen molar-refractivity contribution in [3.63, 3.8) is 0 Å². The Balaban J connectivity index is 1.28. The molecule has 2 aromatic carbocycles. The summed E-state index contributed by atoms with van der Waals surface area (Å²) in [6.45, 7) is 3.96. The van der Waals surface area contributed by atoms with Crippen LogP contribution in [0.4, 0.5) is 11.4 Å². The van der Waals surface area contributed by atoms with Crippen molar-refractivity contribution in [2.45, 2.75) is 6.10 Å². The Labute approximate surface area is 174 Å². The van der Waals surface area contributed by atoms with Gasteiger partial charge in [-0.25, -0.2) is 0 Å². The van der Waals surface area contributed by atoms with Crippen LogP contribution in [-0.4, -0.2) is 65.3 Å². The molecule has 1 aromatic heterocycles. The molecule has 0 bridgehead atoms. The summed E-state index contributed by atoms with van der Waals surface area (Å²) in [5.74, 6) is 0.386. The topological polar surface area (TPSA) is 92.0 Å². The standard InChI is InChI=1S/C22H24N4O4/c27-19(16-30-20-6-3-5-18(12-20)26(28)29)15-24-8-10-25(11-9-24)22-14-23-13-17-4-1-2-7-21(17)22/h1-7,12-14,19,27H,8-11,15-16H2/t19-/m1/s1. The summed E-state index contributed by atoms with van der Waals surface area (Å²) >= 11 is 0. The highest BCUT2D eigenvalue weighted by molar-refractivity contribution is 5.93. The largest absolute Gasteiger partial charge is 0.491 e. The van der Waals surface area contributed by atoms with Crippen molar-refractivity contribution >= 4 is 22.1 Å². The van der Waals surface area contributed by atoms with Gasteiger partial charge in [0.05, 0.1) is 22.9 Å². The van der Waals surface area contributed by atoms with E-state index in [9.17, 15) is 15.2 Å². The van der Waals surface area contributed by atoms with Crippen LogP contribution in [0.5, 0.6) is 5.75 Å². The van der Waals surface area contributed by atoms with Gasteiger partial charge in [-0.1, -0.05) is 30.3 Å². The van der Waals surface area contributed by atoms with Crippen LogP contribution >= 0.6 is 0 Å². The number of piperazine rings is 1. The van der Waals surface area contributed by atoms with Gasteiger partial charge >= 0.3 is 0 Å². The molecule has 1 atom stereocenters. The van der Waals surface area contributed by atoms with E-state index in [-0.39, 0.29) is 12.3 Å². The van der Waals surface area contributed by atoms with E-state index in [1.165, 1.54) is 17.5 Å². The molecule has 1 N–H and O–H groups in total. The number of hydrogen-bond acceptors (Lipinski definition) is 7. The van der Waals surface area contributed by atoms with Crippen LogP contribution in [0, 0.1) is 10.1 Å². The van der Waals surface area contributed by atoms with Gasteiger partial charge in [-0.15, -0.1) is 0 Å². The lowest BCUT2D eigenvalue weighted by molar-refractivity contribution is -0.384. The summed E-state index contributed by atoms with van der Waals surface area (Å²) in [5.41, 5.74) is 1.11. The first kappa shape index (κ1) is 20.1. The van der Waals surface area contributed by atoms with E-state index in [0.29, 0.717) is 12.3 Å². The highest BCUT2D eigenvalue weighted by Crippen LogP contribution is 2.26. The number of anilines is 1. The Kier molecular flexibility index (Phi) is 6.06. The third kappa shape index (κ3) is 4.67. The minimum atomic E-state index is -0.671. The number of aliphatic hydroxyl groups is 1. The molecule has 8 nitrogen and oxygen atoms in total. The average molecular weight is 408 g/mol. The summed E-state index contributed by atoms with van der Waals surface area (Å²) in [6, 6.07) is 14.2. The third-order valence-electron chi connectivity index (χ3n) is 5.30. The summed E-state index contributed by atoms with van der Waals surface area (Å²) in [5, 5.41) is 23.5. The zero-order valence-corrected chi connectivity index (χ0v) is 16.6. The Hall–Kier alpha value is -3.23. The first-order valence-corrected chi connectivity index (χ1v) is 9.95. The molecule has 30 heavy (non-hydrogen) atoms. The van der Waals surface area contributed by atoms with Crippen molar-refractivity contribution in [3.8, 4) is 5.75 Å². The zero-order valence-electron chi connectivity index (χ0n) is 16.6. The molecule has 1 fully saturated rings. The van der Waals surface area contributed by atoms with Crippen molar-refractivity contribution in [3.05, 3.63) is 71.0 Å². The Bertz CT molecular complexity index is 1020. The fraction of sp³-hybridized carbons (Fsp3) is 0.318. The van der Waals surface area contributed by atoms with Gasteiger partial charge in [-0.2, -0.15) is 0 Å². The molecule has 0 radical (unpaired) electrons. The molecule has 1 saturated heterocycles. The summed E-state index contributed by atoms with van der Waals surface area (Å²) < 4.78 is 5.54. The molecule has 0 amide bonds. The summed E-state index contributed by atoms with van der Waals surface area (Å²) in [4.78, 5) is 19.3. The van der Waals surface area contributed by atoms with Crippen LogP contribution < -0.4 is 9.64 Å². The number of nitro groups is 1. The first-order valence-electron chi connectivity index (χ1n) is 9.95. The van der Waals surface area contributed by atoms with E-state index >= 15 is 0 Å². The van der Waals surface area contributed by atoms with Crippen molar-refractivity contribution in [1.82, 2.24) is 9.88 Å². The molecule has 0 saturated carbocycles. The van der Waals surface area contributed by atoms with Gasteiger partial charge in [-0.05, 0) is 6.07 Å². The van der Waals surface area contributed by atoms with E-state index in [2.05, 4.69) is 26.9 Å². The van der Waals surface area contributed by atoms with Crippen LogP contribution in [0.2, 0.25) is 0 Å². The molecule has 8 heteroatoms. The van der Waals surface area contributed by atoms with Gasteiger partial charge < -0.3 is 14.7 Å². The molecule has 1 aliphatic rings. The minimum Gasteiger partial charge on any atom is -0.491 e. The maximum atomic E-state index is 10.8. The van der Waals surface area contributed by atoms with Gasteiger partial charge in [0.25, 0.3) is 5.69 Å². The molecular formula is C22H24N4O4. The van der Waals surface area contributed by atoms with E-state index in [1.807, 2.05) is 24.5 Å². The maximum Gasteiger partial charge on any atom is 0.273 e. The number of hydrogen-bond donors (Lipinski definition) is 1. The fourth-order valence-corrected chi connectivity index (χ4v) is 3.75.